The minimum atomic E-state index is -0.315. The molecule has 8 heteroatoms. The van der Waals surface area contributed by atoms with Gasteiger partial charge in [0.05, 0.1) is 17.6 Å². The molecule has 8 nitrogen and oxygen atoms in total. The van der Waals surface area contributed by atoms with Crippen molar-refractivity contribution in [3.8, 4) is 0 Å². The van der Waals surface area contributed by atoms with Crippen LogP contribution in [0.15, 0.2) is 30.5 Å². The molecule has 0 unspecified atom stereocenters. The highest BCUT2D eigenvalue weighted by Gasteiger charge is 2.26. The minimum absolute atomic E-state index is 0.166. The van der Waals surface area contributed by atoms with E-state index in [9.17, 15) is 9.59 Å². The summed E-state index contributed by atoms with van der Waals surface area (Å²) in [5.41, 5.74) is 2.15. The van der Waals surface area contributed by atoms with E-state index in [1.807, 2.05) is 35.9 Å². The van der Waals surface area contributed by atoms with Gasteiger partial charge >= 0.3 is 0 Å². The predicted octanol–water partition coefficient (Wildman–Crippen LogP) is 0.785. The molecule has 1 N–H and O–H groups in total. The molecule has 1 aliphatic heterocycles. The van der Waals surface area contributed by atoms with Crippen LogP contribution in [-0.4, -0.2) is 49.4 Å². The number of aryl methyl sites for hydroxylation is 1. The number of aromatic nitrogens is 4. The third kappa shape index (κ3) is 2.55. The van der Waals surface area contributed by atoms with Gasteiger partial charge < -0.3 is 19.4 Å². The van der Waals surface area contributed by atoms with E-state index < -0.39 is 0 Å². The summed E-state index contributed by atoms with van der Waals surface area (Å²) in [6, 6.07) is 7.81. The lowest BCUT2D eigenvalue weighted by Crippen LogP contribution is -2.37. The molecule has 3 aromatic rings. The number of hydrogen-bond donors (Lipinski definition) is 1. The van der Waals surface area contributed by atoms with Gasteiger partial charge in [-0.05, 0) is 12.1 Å². The summed E-state index contributed by atoms with van der Waals surface area (Å²) in [5.74, 6) is 0.584. The van der Waals surface area contributed by atoms with Crippen molar-refractivity contribution in [2.24, 2.45) is 7.05 Å². The number of amides is 2. The molecule has 0 saturated carbocycles. The van der Waals surface area contributed by atoms with E-state index in [1.165, 1.54) is 0 Å². The Labute approximate surface area is 144 Å². The Balaban J connectivity index is 1.52. The van der Waals surface area contributed by atoms with Crippen LogP contribution in [0.5, 0.6) is 0 Å². The molecule has 0 bridgehead atoms. The summed E-state index contributed by atoms with van der Waals surface area (Å²) >= 11 is 0. The van der Waals surface area contributed by atoms with Crippen molar-refractivity contribution in [1.82, 2.24) is 29.3 Å². The molecule has 25 heavy (non-hydrogen) atoms. The minimum Gasteiger partial charge on any atom is -0.343 e. The Morgan fingerprint density at radius 3 is 2.80 bits per heavy atom. The van der Waals surface area contributed by atoms with E-state index in [0.717, 1.165) is 16.9 Å². The van der Waals surface area contributed by atoms with Crippen LogP contribution >= 0.6 is 0 Å². The fourth-order valence-corrected chi connectivity index (χ4v) is 3.00. The SMILES string of the molecule is CN1CCn2cc(C(=O)NCc3nc4ccccc4n3C)nc2C1=O. The molecule has 3 heterocycles. The number of benzene rings is 1. The van der Waals surface area contributed by atoms with Crippen LogP contribution in [0.3, 0.4) is 0 Å². The first-order valence-corrected chi connectivity index (χ1v) is 8.06. The van der Waals surface area contributed by atoms with Crippen molar-refractivity contribution in [1.29, 1.82) is 0 Å². The topological polar surface area (TPSA) is 85.1 Å². The summed E-state index contributed by atoms with van der Waals surface area (Å²) in [6.07, 6.45) is 1.63. The van der Waals surface area contributed by atoms with Crippen molar-refractivity contribution in [3.05, 3.63) is 47.8 Å². The maximum Gasteiger partial charge on any atom is 0.289 e. The Bertz CT molecular complexity index is 986. The summed E-state index contributed by atoms with van der Waals surface area (Å²) in [5, 5.41) is 2.83. The highest BCUT2D eigenvalue weighted by atomic mass is 16.2. The number of fused-ring (bicyclic) bond motifs is 2. The maximum absolute atomic E-state index is 12.4. The summed E-state index contributed by atoms with van der Waals surface area (Å²) in [4.78, 5) is 34.8. The van der Waals surface area contributed by atoms with E-state index in [2.05, 4.69) is 15.3 Å². The second kappa shape index (κ2) is 5.73. The molecular formula is C17H18N6O2. The summed E-state index contributed by atoms with van der Waals surface area (Å²) < 4.78 is 3.68. The molecule has 2 amide bonds. The summed E-state index contributed by atoms with van der Waals surface area (Å²) in [7, 11) is 3.65. The molecule has 0 atom stereocenters. The number of hydrogen-bond acceptors (Lipinski definition) is 4. The highest BCUT2D eigenvalue weighted by molar-refractivity contribution is 5.96. The van der Waals surface area contributed by atoms with Crippen LogP contribution in [0.4, 0.5) is 0 Å². The number of rotatable bonds is 3. The zero-order chi connectivity index (χ0) is 17.6. The van der Waals surface area contributed by atoms with E-state index in [0.29, 0.717) is 25.5 Å². The van der Waals surface area contributed by atoms with Crippen molar-refractivity contribution in [3.63, 3.8) is 0 Å². The molecule has 2 aromatic heterocycles. The molecule has 0 aliphatic carbocycles. The first-order valence-electron chi connectivity index (χ1n) is 8.06. The van der Waals surface area contributed by atoms with Gasteiger partial charge in [0.25, 0.3) is 11.8 Å². The number of para-hydroxylation sites is 2. The van der Waals surface area contributed by atoms with Gasteiger partial charge in [-0.1, -0.05) is 12.1 Å². The van der Waals surface area contributed by atoms with Crippen molar-refractivity contribution >= 4 is 22.8 Å². The summed E-state index contributed by atoms with van der Waals surface area (Å²) in [6.45, 7) is 1.55. The molecule has 1 aliphatic rings. The van der Waals surface area contributed by atoms with Crippen LogP contribution in [0.1, 0.15) is 26.9 Å². The number of imidazole rings is 2. The van der Waals surface area contributed by atoms with Gasteiger partial charge in [-0.3, -0.25) is 9.59 Å². The predicted molar refractivity (Wildman–Crippen MR) is 91.1 cm³/mol. The van der Waals surface area contributed by atoms with Crippen molar-refractivity contribution in [2.45, 2.75) is 13.1 Å². The molecule has 0 spiro atoms. The number of nitrogens with one attached hydrogen (secondary N) is 1. The molecule has 1 aromatic carbocycles. The van der Waals surface area contributed by atoms with Crippen LogP contribution in [-0.2, 0) is 20.1 Å². The Hall–Kier alpha value is -3.16. The van der Waals surface area contributed by atoms with Gasteiger partial charge in [0, 0.05) is 33.4 Å². The molecule has 0 saturated heterocycles. The molecule has 0 radical (unpaired) electrons. The zero-order valence-electron chi connectivity index (χ0n) is 14.1. The van der Waals surface area contributed by atoms with Gasteiger partial charge in [0.2, 0.25) is 0 Å². The van der Waals surface area contributed by atoms with Crippen molar-refractivity contribution in [2.75, 3.05) is 13.6 Å². The van der Waals surface area contributed by atoms with E-state index in [4.69, 9.17) is 0 Å². The second-order valence-electron chi connectivity index (χ2n) is 6.13. The first-order chi connectivity index (χ1) is 12.0. The van der Waals surface area contributed by atoms with E-state index in [1.54, 1.807) is 22.7 Å². The number of carbonyl (C=O) groups excluding carboxylic acids is 2. The van der Waals surface area contributed by atoms with Gasteiger partial charge in [0.15, 0.2) is 5.82 Å². The lowest BCUT2D eigenvalue weighted by Gasteiger charge is -2.22. The van der Waals surface area contributed by atoms with E-state index in [-0.39, 0.29) is 17.5 Å². The van der Waals surface area contributed by atoms with Crippen LogP contribution in [0, 0.1) is 0 Å². The molecular weight excluding hydrogens is 320 g/mol. The largest absolute Gasteiger partial charge is 0.343 e. The van der Waals surface area contributed by atoms with Crippen molar-refractivity contribution < 1.29 is 9.59 Å². The average Bonchev–Trinajstić information content (AvgIpc) is 3.19. The lowest BCUT2D eigenvalue weighted by atomic mass is 10.3. The fourth-order valence-electron chi connectivity index (χ4n) is 3.00. The Morgan fingerprint density at radius 2 is 2.00 bits per heavy atom. The smallest absolute Gasteiger partial charge is 0.289 e. The molecule has 4 rings (SSSR count). The molecule has 128 valence electrons. The van der Waals surface area contributed by atoms with Gasteiger partial charge in [-0.15, -0.1) is 0 Å². The average molecular weight is 338 g/mol. The Kier molecular flexibility index (Phi) is 3.52. The molecule has 0 fully saturated rings. The zero-order valence-corrected chi connectivity index (χ0v) is 14.1. The normalized spacial score (nSPS) is 14.0. The third-order valence-corrected chi connectivity index (χ3v) is 4.51. The first kappa shape index (κ1) is 15.4. The second-order valence-corrected chi connectivity index (χ2v) is 6.13. The highest BCUT2D eigenvalue weighted by Crippen LogP contribution is 2.15. The van der Waals surface area contributed by atoms with Gasteiger partial charge in [-0.2, -0.15) is 0 Å². The van der Waals surface area contributed by atoms with Crippen LogP contribution in [0.2, 0.25) is 0 Å². The maximum atomic E-state index is 12.4. The number of nitrogens with zero attached hydrogens (tertiary/aromatic N) is 5. The number of likely N-dealkylation sites (N-methyl/N-ethyl adjacent to an activating group) is 1. The van der Waals surface area contributed by atoms with Gasteiger partial charge in [0.1, 0.15) is 11.5 Å². The van der Waals surface area contributed by atoms with Gasteiger partial charge in [-0.25, -0.2) is 9.97 Å². The van der Waals surface area contributed by atoms with E-state index >= 15 is 0 Å². The monoisotopic (exact) mass is 338 g/mol. The third-order valence-electron chi connectivity index (χ3n) is 4.51. The Morgan fingerprint density at radius 1 is 1.20 bits per heavy atom. The lowest BCUT2D eigenvalue weighted by molar-refractivity contribution is 0.0741. The standard InChI is InChI=1S/C17H18N6O2/c1-21-7-8-23-10-12(20-15(23)17(21)25)16(24)18-9-14-19-11-5-3-4-6-13(11)22(14)2/h3-6,10H,7-9H2,1-2H3,(H,18,24). The fraction of sp³-hybridized carbons (Fsp3) is 0.294. The van der Waals surface area contributed by atoms with Crippen LogP contribution in [0.25, 0.3) is 11.0 Å². The van der Waals surface area contributed by atoms with Crippen LogP contribution < -0.4 is 5.32 Å². The quantitative estimate of drug-likeness (QED) is 0.765. The number of carbonyl (C=O) groups is 2.